The third kappa shape index (κ3) is 2.98. The van der Waals surface area contributed by atoms with Crippen molar-refractivity contribution in [1.29, 1.82) is 0 Å². The third-order valence-electron chi connectivity index (χ3n) is 3.16. The molecule has 1 aromatic heterocycles. The summed E-state index contributed by atoms with van der Waals surface area (Å²) in [5.74, 6) is -0.353. The highest BCUT2D eigenvalue weighted by Crippen LogP contribution is 2.37. The minimum absolute atomic E-state index is 0.338. The van der Waals surface area contributed by atoms with Gasteiger partial charge in [-0.2, -0.15) is 0 Å². The van der Waals surface area contributed by atoms with Crippen LogP contribution in [-0.2, 0) is 4.74 Å². The van der Waals surface area contributed by atoms with Crippen LogP contribution in [0.4, 0.5) is 0 Å². The number of hydrogen-bond donors (Lipinski definition) is 1. The molecule has 1 N–H and O–H groups in total. The molecule has 0 unspecified atom stereocenters. The lowest BCUT2D eigenvalue weighted by atomic mass is 10.2. The number of H-pyrrole nitrogens is 1. The zero-order valence-corrected chi connectivity index (χ0v) is 13.5. The first kappa shape index (κ1) is 15.0. The first-order valence-corrected chi connectivity index (χ1v) is 8.09. The van der Waals surface area contributed by atoms with Crippen molar-refractivity contribution in [3.63, 3.8) is 0 Å². The van der Waals surface area contributed by atoms with E-state index in [1.807, 2.05) is 48.5 Å². The van der Waals surface area contributed by atoms with Gasteiger partial charge in [0.2, 0.25) is 0 Å². The van der Waals surface area contributed by atoms with Gasteiger partial charge in [0.1, 0.15) is 5.69 Å². The van der Waals surface area contributed by atoms with Gasteiger partial charge in [0.05, 0.1) is 11.5 Å². The number of fused-ring (bicyclic) bond motifs is 1. The molecule has 1 heterocycles. The van der Waals surface area contributed by atoms with Crippen LogP contribution >= 0.6 is 23.4 Å². The lowest BCUT2D eigenvalue weighted by Crippen LogP contribution is -2.06. The van der Waals surface area contributed by atoms with E-state index >= 15 is 0 Å². The number of rotatable bonds is 4. The molecule has 112 valence electrons. The van der Waals surface area contributed by atoms with Crippen LogP contribution in [0.2, 0.25) is 5.02 Å². The van der Waals surface area contributed by atoms with Gasteiger partial charge in [-0.25, -0.2) is 4.79 Å². The molecule has 3 rings (SSSR count). The Morgan fingerprint density at radius 1 is 1.23 bits per heavy atom. The summed E-state index contributed by atoms with van der Waals surface area (Å²) in [6, 6.07) is 15.5. The van der Waals surface area contributed by atoms with Gasteiger partial charge in [-0.3, -0.25) is 0 Å². The Hall–Kier alpha value is -1.91. The van der Waals surface area contributed by atoms with Crippen LogP contribution in [0.1, 0.15) is 17.4 Å². The van der Waals surface area contributed by atoms with E-state index in [1.54, 1.807) is 6.92 Å². The molecule has 0 spiro atoms. The molecule has 3 aromatic rings. The smallest absolute Gasteiger partial charge is 0.355 e. The minimum atomic E-state index is -0.353. The summed E-state index contributed by atoms with van der Waals surface area (Å²) >= 11 is 7.57. The minimum Gasteiger partial charge on any atom is -0.461 e. The Bertz CT molecular complexity index is 814. The first-order chi connectivity index (χ1) is 10.7. The maximum Gasteiger partial charge on any atom is 0.355 e. The number of halogens is 1. The Labute approximate surface area is 137 Å². The van der Waals surface area contributed by atoms with Crippen LogP contribution in [0.25, 0.3) is 10.9 Å². The largest absolute Gasteiger partial charge is 0.461 e. The Balaban J connectivity index is 2.12. The summed E-state index contributed by atoms with van der Waals surface area (Å²) in [7, 11) is 0. The maximum atomic E-state index is 12.2. The van der Waals surface area contributed by atoms with E-state index in [-0.39, 0.29) is 5.97 Å². The Morgan fingerprint density at radius 3 is 2.73 bits per heavy atom. The van der Waals surface area contributed by atoms with Gasteiger partial charge in [0.25, 0.3) is 0 Å². The van der Waals surface area contributed by atoms with Crippen LogP contribution in [0.15, 0.2) is 58.3 Å². The third-order valence-corrected chi connectivity index (χ3v) is 4.53. The van der Waals surface area contributed by atoms with E-state index in [9.17, 15) is 4.79 Å². The summed E-state index contributed by atoms with van der Waals surface area (Å²) < 4.78 is 5.15. The molecule has 0 amide bonds. The summed E-state index contributed by atoms with van der Waals surface area (Å²) in [5.41, 5.74) is 1.29. The standard InChI is InChI=1S/C17H14ClNO2S/c1-2-21-17(20)15-16(22-12-6-4-3-5-7-12)13-9-8-11(18)10-14(13)19-15/h3-10,19H,2H2,1H3. The molecule has 0 saturated carbocycles. The predicted molar refractivity (Wildman–Crippen MR) is 89.8 cm³/mol. The number of carbonyl (C=O) groups excluding carboxylic acids is 1. The highest BCUT2D eigenvalue weighted by Gasteiger charge is 2.20. The van der Waals surface area contributed by atoms with Crippen LogP contribution in [0.5, 0.6) is 0 Å². The fourth-order valence-corrected chi connectivity index (χ4v) is 3.43. The van der Waals surface area contributed by atoms with Crippen molar-refractivity contribution in [2.24, 2.45) is 0 Å². The van der Waals surface area contributed by atoms with Gasteiger partial charge in [0, 0.05) is 20.8 Å². The predicted octanol–water partition coefficient (Wildman–Crippen LogP) is 5.15. The molecule has 3 nitrogen and oxygen atoms in total. The normalized spacial score (nSPS) is 10.8. The molecular formula is C17H14ClNO2S. The number of hydrogen-bond acceptors (Lipinski definition) is 3. The second-order valence-electron chi connectivity index (χ2n) is 4.65. The number of ether oxygens (including phenoxy) is 1. The Kier molecular flexibility index (Phi) is 4.41. The summed E-state index contributed by atoms with van der Waals surface area (Å²) in [6.07, 6.45) is 0. The average Bonchev–Trinajstić information content (AvgIpc) is 2.86. The van der Waals surface area contributed by atoms with Crippen molar-refractivity contribution in [2.75, 3.05) is 6.61 Å². The van der Waals surface area contributed by atoms with E-state index in [2.05, 4.69) is 4.98 Å². The quantitative estimate of drug-likeness (QED) is 0.672. The molecule has 0 saturated heterocycles. The zero-order chi connectivity index (χ0) is 15.5. The van der Waals surface area contributed by atoms with Gasteiger partial charge in [0.15, 0.2) is 0 Å². The number of benzene rings is 2. The van der Waals surface area contributed by atoms with Crippen molar-refractivity contribution in [1.82, 2.24) is 4.98 Å². The molecule has 22 heavy (non-hydrogen) atoms. The number of aromatic amines is 1. The van der Waals surface area contributed by atoms with Gasteiger partial charge in [-0.05, 0) is 31.2 Å². The number of aromatic nitrogens is 1. The van der Waals surface area contributed by atoms with Crippen molar-refractivity contribution >= 4 is 40.2 Å². The topological polar surface area (TPSA) is 42.1 Å². The molecule has 0 aliphatic carbocycles. The van der Waals surface area contributed by atoms with Crippen LogP contribution in [0.3, 0.4) is 0 Å². The second-order valence-corrected chi connectivity index (χ2v) is 6.17. The van der Waals surface area contributed by atoms with Gasteiger partial charge >= 0.3 is 5.97 Å². The van der Waals surface area contributed by atoms with E-state index in [0.29, 0.717) is 17.3 Å². The first-order valence-electron chi connectivity index (χ1n) is 6.90. The maximum absolute atomic E-state index is 12.2. The summed E-state index contributed by atoms with van der Waals surface area (Å²) in [5, 5.41) is 1.58. The van der Waals surface area contributed by atoms with E-state index in [1.165, 1.54) is 11.8 Å². The van der Waals surface area contributed by atoms with E-state index < -0.39 is 0 Å². The molecule has 0 fully saturated rings. The van der Waals surface area contributed by atoms with E-state index in [4.69, 9.17) is 16.3 Å². The van der Waals surface area contributed by atoms with Crippen LogP contribution < -0.4 is 0 Å². The molecule has 0 aliphatic rings. The van der Waals surface area contributed by atoms with Crippen LogP contribution in [-0.4, -0.2) is 17.6 Å². The highest BCUT2D eigenvalue weighted by atomic mass is 35.5. The highest BCUT2D eigenvalue weighted by molar-refractivity contribution is 7.99. The monoisotopic (exact) mass is 331 g/mol. The number of nitrogens with one attached hydrogen (secondary N) is 1. The summed E-state index contributed by atoms with van der Waals surface area (Å²) in [6.45, 7) is 2.13. The lowest BCUT2D eigenvalue weighted by Gasteiger charge is -2.04. The van der Waals surface area contributed by atoms with Gasteiger partial charge < -0.3 is 9.72 Å². The van der Waals surface area contributed by atoms with Crippen molar-refractivity contribution in [3.05, 3.63) is 59.2 Å². The molecular weight excluding hydrogens is 318 g/mol. The fourth-order valence-electron chi connectivity index (χ4n) is 2.20. The molecule has 0 aliphatic heterocycles. The van der Waals surface area contributed by atoms with Crippen molar-refractivity contribution in [2.45, 2.75) is 16.7 Å². The summed E-state index contributed by atoms with van der Waals surface area (Å²) in [4.78, 5) is 17.3. The Morgan fingerprint density at radius 2 is 2.00 bits per heavy atom. The van der Waals surface area contributed by atoms with Crippen LogP contribution in [0, 0.1) is 0 Å². The molecule has 5 heteroatoms. The molecule has 2 aromatic carbocycles. The average molecular weight is 332 g/mol. The number of esters is 1. The molecule has 0 bridgehead atoms. The lowest BCUT2D eigenvalue weighted by molar-refractivity contribution is 0.0516. The fraction of sp³-hybridized carbons (Fsp3) is 0.118. The molecule has 0 radical (unpaired) electrons. The van der Waals surface area contributed by atoms with E-state index in [0.717, 1.165) is 20.7 Å². The molecule has 0 atom stereocenters. The zero-order valence-electron chi connectivity index (χ0n) is 11.9. The SMILES string of the molecule is CCOC(=O)c1[nH]c2cc(Cl)ccc2c1Sc1ccccc1. The van der Waals surface area contributed by atoms with Gasteiger partial charge in [-0.15, -0.1) is 0 Å². The van der Waals surface area contributed by atoms with Crippen molar-refractivity contribution < 1.29 is 9.53 Å². The van der Waals surface area contributed by atoms with Gasteiger partial charge in [-0.1, -0.05) is 47.6 Å². The number of carbonyl (C=O) groups is 1. The van der Waals surface area contributed by atoms with Crippen molar-refractivity contribution in [3.8, 4) is 0 Å². The second kappa shape index (κ2) is 6.46.